The molecule has 2 aromatic rings. The average Bonchev–Trinajstić information content (AvgIpc) is 2.63. The molecular formula is C19H25BrN4O3S. The van der Waals surface area contributed by atoms with Gasteiger partial charge in [-0.3, -0.25) is 4.79 Å². The Balaban J connectivity index is 2.18. The Kier molecular flexibility index (Phi) is 7.45. The van der Waals surface area contributed by atoms with Crippen molar-refractivity contribution < 1.29 is 13.2 Å². The highest BCUT2D eigenvalue weighted by Gasteiger charge is 2.19. The van der Waals surface area contributed by atoms with Crippen molar-refractivity contribution in [3.05, 3.63) is 46.4 Å². The fourth-order valence-electron chi connectivity index (χ4n) is 2.48. The molecule has 0 aliphatic carbocycles. The van der Waals surface area contributed by atoms with Crippen LogP contribution in [0.3, 0.4) is 0 Å². The van der Waals surface area contributed by atoms with Gasteiger partial charge in [0.15, 0.2) is 0 Å². The van der Waals surface area contributed by atoms with Crippen LogP contribution in [0.5, 0.6) is 0 Å². The molecule has 0 aliphatic heterocycles. The molecule has 0 bridgehead atoms. The summed E-state index contributed by atoms with van der Waals surface area (Å²) in [5, 5.41) is 9.02. The van der Waals surface area contributed by atoms with Crippen LogP contribution in [0.4, 0.5) is 17.1 Å². The first-order valence-electron chi connectivity index (χ1n) is 8.75. The highest BCUT2D eigenvalue weighted by atomic mass is 79.9. The Hall–Kier alpha value is -2.10. The highest BCUT2D eigenvalue weighted by Crippen LogP contribution is 2.27. The predicted octanol–water partition coefficient (Wildman–Crippen LogP) is 3.49. The van der Waals surface area contributed by atoms with Crippen LogP contribution in [0, 0.1) is 6.92 Å². The molecule has 0 saturated carbocycles. The third kappa shape index (κ3) is 5.46. The number of sulfonamides is 1. The van der Waals surface area contributed by atoms with Gasteiger partial charge in [-0.1, -0.05) is 6.07 Å². The number of amides is 1. The number of hydrogen-bond acceptors (Lipinski definition) is 5. The number of carbonyl (C=O) groups excluding carboxylic acids is 1. The molecule has 0 heterocycles. The summed E-state index contributed by atoms with van der Waals surface area (Å²) in [5.74, 6) is -0.243. The zero-order valence-corrected chi connectivity index (χ0v) is 18.7. The summed E-state index contributed by atoms with van der Waals surface area (Å²) in [6.45, 7) is 4.56. The molecule has 2 rings (SSSR count). The predicted molar refractivity (Wildman–Crippen MR) is 117 cm³/mol. The van der Waals surface area contributed by atoms with Crippen LogP contribution >= 0.6 is 15.9 Å². The monoisotopic (exact) mass is 468 g/mol. The fourth-order valence-corrected chi connectivity index (χ4v) is 4.00. The van der Waals surface area contributed by atoms with Crippen molar-refractivity contribution >= 4 is 48.9 Å². The third-order valence-corrected chi connectivity index (χ3v) is 6.44. The Morgan fingerprint density at radius 2 is 1.71 bits per heavy atom. The van der Waals surface area contributed by atoms with Gasteiger partial charge in [-0.15, -0.1) is 0 Å². The maximum Gasteiger partial charge on any atom is 0.243 e. The van der Waals surface area contributed by atoms with Crippen LogP contribution < -0.4 is 16.0 Å². The number of carbonyl (C=O) groups is 1. The summed E-state index contributed by atoms with van der Waals surface area (Å²) < 4.78 is 26.7. The first-order valence-corrected chi connectivity index (χ1v) is 11.0. The van der Waals surface area contributed by atoms with E-state index in [0.29, 0.717) is 17.9 Å². The lowest BCUT2D eigenvalue weighted by atomic mass is 10.2. The molecule has 0 aliphatic rings. The van der Waals surface area contributed by atoms with E-state index in [0.717, 1.165) is 20.0 Å². The number of rotatable bonds is 8. The standard InChI is InChI=1S/C19H25BrN4O3S/c1-5-21-17-9-7-14(28(26,27)24(3)4)11-18(17)22-12-19(25)23-16-8-6-13(2)10-15(16)20/h6-11,21-22H,5,12H2,1-4H3,(H,23,25). The molecular weight excluding hydrogens is 444 g/mol. The van der Waals surface area contributed by atoms with Crippen LogP contribution in [0.2, 0.25) is 0 Å². The van der Waals surface area contributed by atoms with E-state index in [-0.39, 0.29) is 17.3 Å². The molecule has 152 valence electrons. The van der Waals surface area contributed by atoms with E-state index in [1.54, 1.807) is 12.1 Å². The molecule has 7 nitrogen and oxygen atoms in total. The number of anilines is 3. The second-order valence-electron chi connectivity index (χ2n) is 6.41. The van der Waals surface area contributed by atoms with Gasteiger partial charge in [0.25, 0.3) is 0 Å². The number of nitrogens with zero attached hydrogens (tertiary/aromatic N) is 1. The number of halogens is 1. The van der Waals surface area contributed by atoms with Crippen molar-refractivity contribution in [2.45, 2.75) is 18.7 Å². The summed E-state index contributed by atoms with van der Waals surface area (Å²) in [5.41, 5.74) is 3.03. The molecule has 0 radical (unpaired) electrons. The van der Waals surface area contributed by atoms with Crippen LogP contribution in [0.25, 0.3) is 0 Å². The van der Waals surface area contributed by atoms with Crippen molar-refractivity contribution in [3.8, 4) is 0 Å². The van der Waals surface area contributed by atoms with Crippen LogP contribution in [-0.2, 0) is 14.8 Å². The number of nitrogens with one attached hydrogen (secondary N) is 3. The van der Waals surface area contributed by atoms with Gasteiger partial charge in [-0.2, -0.15) is 0 Å². The smallest absolute Gasteiger partial charge is 0.243 e. The molecule has 0 fully saturated rings. The molecule has 28 heavy (non-hydrogen) atoms. The molecule has 0 aromatic heterocycles. The summed E-state index contributed by atoms with van der Waals surface area (Å²) in [6.07, 6.45) is 0. The Bertz CT molecular complexity index is 962. The van der Waals surface area contributed by atoms with Gasteiger partial charge in [-0.05, 0) is 65.7 Å². The zero-order valence-electron chi connectivity index (χ0n) is 16.3. The zero-order chi connectivity index (χ0) is 20.9. The highest BCUT2D eigenvalue weighted by molar-refractivity contribution is 9.10. The van der Waals surface area contributed by atoms with Crippen LogP contribution in [-0.4, -0.2) is 45.8 Å². The average molecular weight is 469 g/mol. The van der Waals surface area contributed by atoms with Gasteiger partial charge >= 0.3 is 0 Å². The fraction of sp³-hybridized carbons (Fsp3) is 0.316. The summed E-state index contributed by atoms with van der Waals surface area (Å²) in [4.78, 5) is 12.5. The van der Waals surface area contributed by atoms with E-state index in [1.807, 2.05) is 32.0 Å². The van der Waals surface area contributed by atoms with Crippen molar-refractivity contribution in [2.24, 2.45) is 0 Å². The lowest BCUT2D eigenvalue weighted by Crippen LogP contribution is -2.24. The maximum absolute atomic E-state index is 12.4. The van der Waals surface area contributed by atoms with Crippen LogP contribution in [0.15, 0.2) is 45.8 Å². The van der Waals surface area contributed by atoms with E-state index < -0.39 is 10.0 Å². The first-order chi connectivity index (χ1) is 13.1. The Morgan fingerprint density at radius 3 is 2.32 bits per heavy atom. The topological polar surface area (TPSA) is 90.5 Å². The SMILES string of the molecule is CCNc1ccc(S(=O)(=O)N(C)C)cc1NCC(=O)Nc1ccc(C)cc1Br. The van der Waals surface area contributed by atoms with E-state index in [2.05, 4.69) is 31.9 Å². The molecule has 0 atom stereocenters. The van der Waals surface area contributed by atoms with Gasteiger partial charge in [0, 0.05) is 25.1 Å². The third-order valence-electron chi connectivity index (χ3n) is 3.97. The maximum atomic E-state index is 12.4. The molecule has 0 saturated heterocycles. The Morgan fingerprint density at radius 1 is 1.04 bits per heavy atom. The van der Waals surface area contributed by atoms with Crippen molar-refractivity contribution in [1.82, 2.24) is 4.31 Å². The lowest BCUT2D eigenvalue weighted by Gasteiger charge is -2.17. The van der Waals surface area contributed by atoms with E-state index >= 15 is 0 Å². The molecule has 0 unspecified atom stereocenters. The second kappa shape index (κ2) is 9.40. The van der Waals surface area contributed by atoms with Gasteiger partial charge in [0.05, 0.1) is 28.5 Å². The molecule has 1 amide bonds. The summed E-state index contributed by atoms with van der Waals surface area (Å²) in [7, 11) is -0.610. The molecule has 2 aromatic carbocycles. The molecule has 0 spiro atoms. The molecule has 3 N–H and O–H groups in total. The number of hydrogen-bond donors (Lipinski definition) is 3. The van der Waals surface area contributed by atoms with Gasteiger partial charge in [0.1, 0.15) is 0 Å². The largest absolute Gasteiger partial charge is 0.384 e. The van der Waals surface area contributed by atoms with Gasteiger partial charge < -0.3 is 16.0 Å². The Labute approximate surface area is 174 Å². The van der Waals surface area contributed by atoms with E-state index in [9.17, 15) is 13.2 Å². The van der Waals surface area contributed by atoms with E-state index in [1.165, 1.54) is 20.2 Å². The quantitative estimate of drug-likeness (QED) is 0.551. The molecule has 9 heteroatoms. The minimum Gasteiger partial charge on any atom is -0.384 e. The van der Waals surface area contributed by atoms with Crippen molar-refractivity contribution in [1.29, 1.82) is 0 Å². The summed E-state index contributed by atoms with van der Waals surface area (Å²) in [6, 6.07) is 10.4. The van der Waals surface area contributed by atoms with Gasteiger partial charge in [-0.25, -0.2) is 12.7 Å². The van der Waals surface area contributed by atoms with Crippen molar-refractivity contribution in [2.75, 3.05) is 43.1 Å². The normalized spacial score (nSPS) is 11.4. The van der Waals surface area contributed by atoms with E-state index in [4.69, 9.17) is 0 Å². The van der Waals surface area contributed by atoms with Crippen molar-refractivity contribution in [3.63, 3.8) is 0 Å². The minimum atomic E-state index is -3.57. The second-order valence-corrected chi connectivity index (χ2v) is 9.42. The number of benzene rings is 2. The minimum absolute atomic E-state index is 0.00975. The lowest BCUT2D eigenvalue weighted by molar-refractivity contribution is -0.114. The van der Waals surface area contributed by atoms with Gasteiger partial charge in [0.2, 0.25) is 15.9 Å². The summed E-state index contributed by atoms with van der Waals surface area (Å²) >= 11 is 3.43. The number of aryl methyl sites for hydroxylation is 1. The van der Waals surface area contributed by atoms with Crippen LogP contribution in [0.1, 0.15) is 12.5 Å². The first kappa shape index (κ1) is 22.2.